The van der Waals surface area contributed by atoms with Gasteiger partial charge in [0.15, 0.2) is 0 Å². The Kier molecular flexibility index (Phi) is 4.30. The van der Waals surface area contributed by atoms with Crippen molar-refractivity contribution in [3.8, 4) is 12.3 Å². The van der Waals surface area contributed by atoms with E-state index in [0.29, 0.717) is 0 Å². The highest BCUT2D eigenvalue weighted by Gasteiger charge is 2.02. The van der Waals surface area contributed by atoms with Crippen molar-refractivity contribution in [2.45, 2.75) is 32.1 Å². The fourth-order valence-corrected chi connectivity index (χ4v) is 1.26. The SMILES string of the molecule is C#CCCCNC1=NCCCC1. The van der Waals surface area contributed by atoms with E-state index in [9.17, 15) is 0 Å². The van der Waals surface area contributed by atoms with Gasteiger partial charge in [0.1, 0.15) is 0 Å². The lowest BCUT2D eigenvalue weighted by Crippen LogP contribution is -2.26. The van der Waals surface area contributed by atoms with E-state index in [0.717, 1.165) is 32.4 Å². The third-order valence-corrected chi connectivity index (χ3v) is 1.95. The van der Waals surface area contributed by atoms with E-state index in [4.69, 9.17) is 6.42 Å². The fourth-order valence-electron chi connectivity index (χ4n) is 1.26. The van der Waals surface area contributed by atoms with Gasteiger partial charge in [0.05, 0.1) is 5.84 Å². The molecule has 1 aliphatic heterocycles. The highest BCUT2D eigenvalue weighted by molar-refractivity contribution is 5.82. The predicted octanol–water partition coefficient (Wildman–Crippen LogP) is 1.57. The smallest absolute Gasteiger partial charge is 0.0963 e. The quantitative estimate of drug-likeness (QED) is 0.497. The van der Waals surface area contributed by atoms with Crippen molar-refractivity contribution in [1.29, 1.82) is 0 Å². The van der Waals surface area contributed by atoms with Crippen LogP contribution in [0, 0.1) is 12.3 Å². The maximum atomic E-state index is 5.14. The number of hydrogen-bond acceptors (Lipinski definition) is 2. The lowest BCUT2D eigenvalue weighted by Gasteiger charge is -2.12. The Labute approximate surface area is 74.5 Å². The van der Waals surface area contributed by atoms with Gasteiger partial charge in [-0.2, -0.15) is 0 Å². The summed E-state index contributed by atoms with van der Waals surface area (Å²) < 4.78 is 0. The van der Waals surface area contributed by atoms with Crippen LogP contribution in [-0.4, -0.2) is 18.9 Å². The molecule has 0 fully saturated rings. The van der Waals surface area contributed by atoms with Gasteiger partial charge in [0, 0.05) is 25.9 Å². The zero-order valence-electron chi connectivity index (χ0n) is 7.47. The zero-order valence-corrected chi connectivity index (χ0v) is 7.47. The Morgan fingerprint density at radius 2 is 2.42 bits per heavy atom. The van der Waals surface area contributed by atoms with Crippen LogP contribution in [0.1, 0.15) is 32.1 Å². The van der Waals surface area contributed by atoms with Crippen molar-refractivity contribution in [3.63, 3.8) is 0 Å². The monoisotopic (exact) mass is 164 g/mol. The van der Waals surface area contributed by atoms with E-state index < -0.39 is 0 Å². The van der Waals surface area contributed by atoms with Crippen molar-refractivity contribution in [1.82, 2.24) is 5.32 Å². The van der Waals surface area contributed by atoms with Gasteiger partial charge in [0.25, 0.3) is 0 Å². The number of nitrogens with one attached hydrogen (secondary N) is 1. The molecule has 0 atom stereocenters. The summed E-state index contributed by atoms with van der Waals surface area (Å²) in [6.45, 7) is 1.97. The molecule has 66 valence electrons. The van der Waals surface area contributed by atoms with Gasteiger partial charge in [-0.25, -0.2) is 0 Å². The molecule has 2 nitrogen and oxygen atoms in total. The Balaban J connectivity index is 2.06. The Bertz CT molecular complexity index is 189. The van der Waals surface area contributed by atoms with Crippen LogP contribution in [0.3, 0.4) is 0 Å². The zero-order chi connectivity index (χ0) is 8.65. The second kappa shape index (κ2) is 5.65. The van der Waals surface area contributed by atoms with Crippen LogP contribution in [0.4, 0.5) is 0 Å². The lowest BCUT2D eigenvalue weighted by molar-refractivity contribution is 0.696. The van der Waals surface area contributed by atoms with Crippen molar-refractivity contribution >= 4 is 5.84 Å². The molecule has 0 aromatic carbocycles. The van der Waals surface area contributed by atoms with Gasteiger partial charge < -0.3 is 5.32 Å². The number of rotatable bonds is 3. The second-order valence-corrected chi connectivity index (χ2v) is 3.02. The van der Waals surface area contributed by atoms with Gasteiger partial charge in [-0.15, -0.1) is 12.3 Å². The van der Waals surface area contributed by atoms with E-state index in [1.807, 2.05) is 0 Å². The molecular formula is C10H16N2. The third kappa shape index (κ3) is 3.43. The number of hydrogen-bond donors (Lipinski definition) is 1. The Morgan fingerprint density at radius 1 is 1.50 bits per heavy atom. The maximum absolute atomic E-state index is 5.14. The average molecular weight is 164 g/mol. The summed E-state index contributed by atoms with van der Waals surface area (Å²) in [5.74, 6) is 3.80. The van der Waals surface area contributed by atoms with Crippen molar-refractivity contribution in [2.75, 3.05) is 13.1 Å². The largest absolute Gasteiger partial charge is 0.374 e. The average Bonchev–Trinajstić information content (AvgIpc) is 2.14. The van der Waals surface area contributed by atoms with Gasteiger partial charge >= 0.3 is 0 Å². The normalized spacial score (nSPS) is 16.4. The molecule has 1 N–H and O–H groups in total. The van der Waals surface area contributed by atoms with Crippen LogP contribution >= 0.6 is 0 Å². The van der Waals surface area contributed by atoms with E-state index in [1.54, 1.807) is 0 Å². The maximum Gasteiger partial charge on any atom is 0.0963 e. The number of aliphatic imine (C=N–C) groups is 1. The van der Waals surface area contributed by atoms with Crippen LogP contribution in [0.25, 0.3) is 0 Å². The summed E-state index contributed by atoms with van der Waals surface area (Å²) in [6, 6.07) is 0. The molecule has 0 saturated heterocycles. The van der Waals surface area contributed by atoms with Crippen LogP contribution in [0.15, 0.2) is 4.99 Å². The van der Waals surface area contributed by atoms with Crippen LogP contribution < -0.4 is 5.32 Å². The van der Waals surface area contributed by atoms with Gasteiger partial charge in [-0.1, -0.05) is 0 Å². The van der Waals surface area contributed by atoms with Gasteiger partial charge in [-0.3, -0.25) is 4.99 Å². The molecule has 0 amide bonds. The molecular weight excluding hydrogens is 148 g/mol. The first-order valence-electron chi connectivity index (χ1n) is 4.64. The van der Waals surface area contributed by atoms with Crippen LogP contribution in [-0.2, 0) is 0 Å². The minimum Gasteiger partial charge on any atom is -0.374 e. The molecule has 0 aromatic heterocycles. The molecule has 0 spiro atoms. The van der Waals surface area contributed by atoms with E-state index >= 15 is 0 Å². The topological polar surface area (TPSA) is 24.4 Å². The Hall–Kier alpha value is -0.970. The van der Waals surface area contributed by atoms with Gasteiger partial charge in [0.2, 0.25) is 0 Å². The molecule has 0 aliphatic carbocycles. The Morgan fingerprint density at radius 3 is 3.08 bits per heavy atom. The summed E-state index contributed by atoms with van der Waals surface area (Å²) in [5, 5.41) is 3.31. The number of amidine groups is 1. The molecule has 0 aromatic rings. The summed E-state index contributed by atoms with van der Waals surface area (Å²) in [5.41, 5.74) is 0. The first-order chi connectivity index (χ1) is 5.93. The van der Waals surface area contributed by atoms with Crippen molar-refractivity contribution in [2.24, 2.45) is 4.99 Å². The molecule has 12 heavy (non-hydrogen) atoms. The number of terminal acetylenes is 1. The fraction of sp³-hybridized carbons (Fsp3) is 0.700. The summed E-state index contributed by atoms with van der Waals surface area (Å²) in [7, 11) is 0. The minimum atomic E-state index is 0.861. The van der Waals surface area contributed by atoms with E-state index in [1.165, 1.54) is 18.7 Å². The van der Waals surface area contributed by atoms with E-state index in [-0.39, 0.29) is 0 Å². The lowest BCUT2D eigenvalue weighted by atomic mass is 10.2. The standard InChI is InChI=1S/C10H16N2/c1-2-3-5-8-11-10-7-4-6-9-12-10/h1H,3-9H2,(H,11,12). The van der Waals surface area contributed by atoms with Crippen LogP contribution in [0.5, 0.6) is 0 Å². The highest BCUT2D eigenvalue weighted by atomic mass is 15.0. The van der Waals surface area contributed by atoms with Crippen molar-refractivity contribution in [3.05, 3.63) is 0 Å². The first kappa shape index (κ1) is 9.12. The molecule has 0 saturated carbocycles. The molecule has 0 unspecified atom stereocenters. The number of nitrogens with zero attached hydrogens (tertiary/aromatic N) is 1. The molecule has 0 radical (unpaired) electrons. The number of unbranched alkanes of at least 4 members (excludes halogenated alkanes) is 1. The highest BCUT2D eigenvalue weighted by Crippen LogP contribution is 2.03. The molecule has 1 rings (SSSR count). The summed E-state index contributed by atoms with van der Waals surface area (Å²) in [4.78, 5) is 4.38. The second-order valence-electron chi connectivity index (χ2n) is 3.02. The summed E-state index contributed by atoms with van der Waals surface area (Å²) in [6.07, 6.45) is 10.7. The third-order valence-electron chi connectivity index (χ3n) is 1.95. The minimum absolute atomic E-state index is 0.861. The van der Waals surface area contributed by atoms with Crippen molar-refractivity contribution < 1.29 is 0 Å². The van der Waals surface area contributed by atoms with E-state index in [2.05, 4.69) is 16.2 Å². The molecule has 0 bridgehead atoms. The van der Waals surface area contributed by atoms with Gasteiger partial charge in [-0.05, 0) is 19.3 Å². The molecule has 1 aliphatic rings. The molecule has 1 heterocycles. The summed E-state index contributed by atoms with van der Waals surface area (Å²) >= 11 is 0. The van der Waals surface area contributed by atoms with Crippen LogP contribution in [0.2, 0.25) is 0 Å². The molecule has 2 heteroatoms. The first-order valence-corrected chi connectivity index (χ1v) is 4.64. The predicted molar refractivity (Wildman–Crippen MR) is 52.2 cm³/mol.